The van der Waals surface area contributed by atoms with Gasteiger partial charge in [0.25, 0.3) is 21.0 Å². The van der Waals surface area contributed by atoms with E-state index in [-0.39, 0.29) is 16.6 Å². The number of aryl methyl sites for hydroxylation is 2. The van der Waals surface area contributed by atoms with Gasteiger partial charge in [-0.1, -0.05) is 23.7 Å². The van der Waals surface area contributed by atoms with Crippen molar-refractivity contribution in [3.63, 3.8) is 0 Å². The topological polar surface area (TPSA) is 89.3 Å². The van der Waals surface area contributed by atoms with Crippen molar-refractivity contribution >= 4 is 33.1 Å². The second-order valence-corrected chi connectivity index (χ2v) is 6.71. The van der Waals surface area contributed by atoms with E-state index in [9.17, 15) is 8.42 Å². The van der Waals surface area contributed by atoms with Gasteiger partial charge in [0.15, 0.2) is 0 Å². The Morgan fingerprint density at radius 3 is 2.64 bits per heavy atom. The maximum absolute atomic E-state index is 12.4. The lowest BCUT2D eigenvalue weighted by Crippen LogP contribution is -2.15. The zero-order chi connectivity index (χ0) is 15.9. The molecule has 0 atom stereocenters. The minimum atomic E-state index is -3.94. The number of hydrogen-bond acceptors (Lipinski definition) is 5. The molecular formula is C13H12ClN5O2S. The Balaban J connectivity index is 2.06. The smallest absolute Gasteiger partial charge is 0.275 e. The van der Waals surface area contributed by atoms with Gasteiger partial charge in [-0.05, 0) is 32.0 Å². The summed E-state index contributed by atoms with van der Waals surface area (Å²) in [5, 5.41) is 3.94. The molecule has 3 rings (SSSR count). The summed E-state index contributed by atoms with van der Waals surface area (Å²) in [6, 6.07) is 8.32. The van der Waals surface area contributed by atoms with Crippen molar-refractivity contribution in [2.24, 2.45) is 0 Å². The minimum absolute atomic E-state index is 0.233. The summed E-state index contributed by atoms with van der Waals surface area (Å²) < 4.78 is 28.5. The van der Waals surface area contributed by atoms with Crippen LogP contribution in [0, 0.1) is 13.8 Å². The van der Waals surface area contributed by atoms with Crippen LogP contribution < -0.4 is 4.72 Å². The van der Waals surface area contributed by atoms with E-state index in [1.54, 1.807) is 44.2 Å². The molecule has 1 N–H and O–H groups in total. The van der Waals surface area contributed by atoms with Gasteiger partial charge in [-0.2, -0.15) is 13.4 Å². The summed E-state index contributed by atoms with van der Waals surface area (Å²) in [7, 11) is -3.94. The van der Waals surface area contributed by atoms with Crippen molar-refractivity contribution in [3.8, 4) is 0 Å². The van der Waals surface area contributed by atoms with Gasteiger partial charge in [-0.3, -0.25) is 4.72 Å². The molecule has 1 aromatic carbocycles. The van der Waals surface area contributed by atoms with Crippen molar-refractivity contribution < 1.29 is 8.42 Å². The first-order chi connectivity index (χ1) is 10.4. The first kappa shape index (κ1) is 14.7. The molecule has 0 aliphatic carbocycles. The number of nitrogens with zero attached hydrogens (tertiary/aromatic N) is 4. The number of fused-ring (bicyclic) bond motifs is 1. The fourth-order valence-electron chi connectivity index (χ4n) is 2.00. The summed E-state index contributed by atoms with van der Waals surface area (Å²) in [5.41, 5.74) is 1.75. The molecule has 3 aromatic rings. The van der Waals surface area contributed by atoms with Crippen LogP contribution in [0.5, 0.6) is 0 Å². The van der Waals surface area contributed by atoms with Crippen LogP contribution in [0.2, 0.25) is 5.02 Å². The first-order valence-corrected chi connectivity index (χ1v) is 8.21. The fourth-order valence-corrected chi connectivity index (χ4v) is 3.18. The molecule has 0 saturated heterocycles. The number of benzene rings is 1. The zero-order valence-corrected chi connectivity index (χ0v) is 13.4. The van der Waals surface area contributed by atoms with Gasteiger partial charge in [0.1, 0.15) is 0 Å². The van der Waals surface area contributed by atoms with Crippen LogP contribution in [0.3, 0.4) is 0 Å². The lowest BCUT2D eigenvalue weighted by molar-refractivity contribution is 0.592. The fraction of sp³-hybridized carbons (Fsp3) is 0.154. The molecule has 22 heavy (non-hydrogen) atoms. The van der Waals surface area contributed by atoms with E-state index in [1.807, 2.05) is 0 Å². The second-order valence-electron chi connectivity index (χ2n) is 4.73. The van der Waals surface area contributed by atoms with Crippen molar-refractivity contribution in [1.82, 2.24) is 19.6 Å². The van der Waals surface area contributed by atoms with Gasteiger partial charge in [-0.15, -0.1) is 5.10 Å². The van der Waals surface area contributed by atoms with Crippen LogP contribution in [-0.2, 0) is 10.0 Å². The molecule has 0 aliphatic heterocycles. The minimum Gasteiger partial charge on any atom is -0.275 e. The maximum Gasteiger partial charge on any atom is 0.299 e. The van der Waals surface area contributed by atoms with Crippen molar-refractivity contribution in [2.45, 2.75) is 19.0 Å². The number of para-hydroxylation sites is 1. The third-order valence-corrected chi connectivity index (χ3v) is 4.43. The van der Waals surface area contributed by atoms with Crippen LogP contribution in [0.4, 0.5) is 5.69 Å². The highest BCUT2D eigenvalue weighted by atomic mass is 35.5. The molecule has 0 saturated carbocycles. The molecule has 0 fully saturated rings. The molecule has 114 valence electrons. The molecule has 0 bridgehead atoms. The summed E-state index contributed by atoms with van der Waals surface area (Å²) >= 11 is 5.96. The lowest BCUT2D eigenvalue weighted by atomic mass is 10.3. The number of hydrogen-bond donors (Lipinski definition) is 1. The Morgan fingerprint density at radius 1 is 1.18 bits per heavy atom. The number of rotatable bonds is 3. The molecule has 2 heterocycles. The largest absolute Gasteiger partial charge is 0.299 e. The molecule has 2 aromatic heterocycles. The Labute approximate surface area is 132 Å². The highest BCUT2D eigenvalue weighted by Crippen LogP contribution is 2.23. The predicted molar refractivity (Wildman–Crippen MR) is 82.5 cm³/mol. The van der Waals surface area contributed by atoms with E-state index in [1.165, 1.54) is 4.52 Å². The van der Waals surface area contributed by atoms with Gasteiger partial charge in [-0.25, -0.2) is 9.50 Å². The molecule has 7 nitrogen and oxygen atoms in total. The summed E-state index contributed by atoms with van der Waals surface area (Å²) in [6.45, 7) is 3.60. The van der Waals surface area contributed by atoms with E-state index in [4.69, 9.17) is 11.6 Å². The maximum atomic E-state index is 12.4. The Morgan fingerprint density at radius 2 is 1.91 bits per heavy atom. The number of anilines is 1. The standard InChI is InChI=1S/C13H12ClN5O2S/c1-8-7-9(2)19-12(15-8)16-13(17-19)22(20,21)18-11-6-4-3-5-10(11)14/h3-7,18H,1-2H3. The van der Waals surface area contributed by atoms with E-state index < -0.39 is 10.0 Å². The highest BCUT2D eigenvalue weighted by molar-refractivity contribution is 7.92. The van der Waals surface area contributed by atoms with Crippen LogP contribution in [0.15, 0.2) is 35.5 Å². The number of sulfonamides is 1. The quantitative estimate of drug-likeness (QED) is 0.791. The summed E-state index contributed by atoms with van der Waals surface area (Å²) in [4.78, 5) is 8.15. The first-order valence-electron chi connectivity index (χ1n) is 6.35. The normalized spacial score (nSPS) is 11.8. The lowest BCUT2D eigenvalue weighted by Gasteiger charge is -2.05. The molecule has 0 aliphatic rings. The average molecular weight is 338 g/mol. The van der Waals surface area contributed by atoms with Crippen molar-refractivity contribution in [3.05, 3.63) is 46.7 Å². The third-order valence-electron chi connectivity index (χ3n) is 2.96. The molecule has 9 heteroatoms. The van der Waals surface area contributed by atoms with Gasteiger partial charge in [0.05, 0.1) is 10.7 Å². The van der Waals surface area contributed by atoms with Crippen LogP contribution in [-0.4, -0.2) is 28.0 Å². The van der Waals surface area contributed by atoms with Gasteiger partial charge in [0, 0.05) is 11.4 Å². The number of halogens is 1. The SMILES string of the molecule is Cc1cc(C)n2nc(S(=O)(=O)Nc3ccccc3Cl)nc2n1. The summed E-state index contributed by atoms with van der Waals surface area (Å²) in [6.07, 6.45) is 0. The van der Waals surface area contributed by atoms with Gasteiger partial charge < -0.3 is 0 Å². The van der Waals surface area contributed by atoms with Gasteiger partial charge >= 0.3 is 0 Å². The molecular weight excluding hydrogens is 326 g/mol. The molecule has 0 spiro atoms. The highest BCUT2D eigenvalue weighted by Gasteiger charge is 2.22. The average Bonchev–Trinajstić information content (AvgIpc) is 2.86. The second kappa shape index (κ2) is 5.22. The number of aromatic nitrogens is 4. The van der Waals surface area contributed by atoms with Gasteiger partial charge in [0.2, 0.25) is 0 Å². The van der Waals surface area contributed by atoms with Crippen LogP contribution in [0.1, 0.15) is 11.4 Å². The number of nitrogens with one attached hydrogen (secondary N) is 1. The van der Waals surface area contributed by atoms with Crippen molar-refractivity contribution in [1.29, 1.82) is 0 Å². The van der Waals surface area contributed by atoms with E-state index in [2.05, 4.69) is 19.8 Å². The van der Waals surface area contributed by atoms with Crippen LogP contribution >= 0.6 is 11.6 Å². The monoisotopic (exact) mass is 337 g/mol. The summed E-state index contributed by atoms with van der Waals surface area (Å²) in [5.74, 6) is 0.233. The molecule has 0 unspecified atom stereocenters. The Kier molecular flexibility index (Phi) is 3.50. The third kappa shape index (κ3) is 2.62. The van der Waals surface area contributed by atoms with E-state index >= 15 is 0 Å². The molecule has 0 amide bonds. The van der Waals surface area contributed by atoms with E-state index in [0.717, 1.165) is 11.4 Å². The predicted octanol–water partition coefficient (Wildman–Crippen LogP) is 2.20. The Bertz CT molecular complexity index is 968. The zero-order valence-electron chi connectivity index (χ0n) is 11.8. The molecule has 0 radical (unpaired) electrons. The van der Waals surface area contributed by atoms with E-state index in [0.29, 0.717) is 5.02 Å². The Hall–Kier alpha value is -2.19. The van der Waals surface area contributed by atoms with Crippen LogP contribution in [0.25, 0.3) is 5.78 Å². The van der Waals surface area contributed by atoms with Crippen molar-refractivity contribution in [2.75, 3.05) is 4.72 Å².